The molecule has 1 unspecified atom stereocenters. The minimum Gasteiger partial charge on any atom is -0.466 e. The van der Waals surface area contributed by atoms with Crippen molar-refractivity contribution < 1.29 is 13.9 Å². The Balaban J connectivity index is 2.78. The normalized spacial score (nSPS) is 12.7. The number of halogens is 1. The molecule has 0 aromatic heterocycles. The smallest absolute Gasteiger partial charge is 0.330 e. The topological polar surface area (TPSA) is 26.3 Å². The second kappa shape index (κ2) is 6.05. The Morgan fingerprint density at radius 2 is 2.06 bits per heavy atom. The van der Waals surface area contributed by atoms with Crippen LogP contribution < -0.4 is 0 Å². The molecule has 1 aromatic carbocycles. The fraction of sp³-hybridized carbons (Fsp3) is 0.308. The third-order valence-corrected chi connectivity index (χ3v) is 2.40. The number of ether oxygens (including phenoxy) is 1. The van der Waals surface area contributed by atoms with Gasteiger partial charge >= 0.3 is 5.97 Å². The summed E-state index contributed by atoms with van der Waals surface area (Å²) in [5.74, 6) is -0.518. The van der Waals surface area contributed by atoms with Gasteiger partial charge in [0, 0.05) is 12.0 Å². The Kier molecular flexibility index (Phi) is 4.70. The second-order valence-electron chi connectivity index (χ2n) is 3.45. The molecular weight excluding hydrogens is 207 g/mol. The zero-order valence-corrected chi connectivity index (χ0v) is 9.44. The largest absolute Gasteiger partial charge is 0.466 e. The molecule has 16 heavy (non-hydrogen) atoms. The van der Waals surface area contributed by atoms with Gasteiger partial charge in [-0.15, -0.1) is 0 Å². The van der Waals surface area contributed by atoms with Gasteiger partial charge in [0.1, 0.15) is 5.82 Å². The first kappa shape index (κ1) is 12.4. The monoisotopic (exact) mass is 222 g/mol. The standard InChI is InChI=1S/C13H15FO2/c1-3-10(6-9-13(15)16-2)11-4-7-12(14)8-5-11/h4-10H,3H2,1-2H3/b9-6+. The van der Waals surface area contributed by atoms with Gasteiger partial charge in [0.05, 0.1) is 7.11 Å². The van der Waals surface area contributed by atoms with E-state index < -0.39 is 0 Å². The summed E-state index contributed by atoms with van der Waals surface area (Å²) in [6.45, 7) is 2.01. The minimum atomic E-state index is -0.374. The highest BCUT2D eigenvalue weighted by molar-refractivity contribution is 5.81. The molecular formula is C13H15FO2. The number of hydrogen-bond acceptors (Lipinski definition) is 2. The zero-order chi connectivity index (χ0) is 12.0. The maximum Gasteiger partial charge on any atom is 0.330 e. The van der Waals surface area contributed by atoms with Crippen LogP contribution in [0.15, 0.2) is 36.4 Å². The molecule has 0 aliphatic rings. The van der Waals surface area contributed by atoms with Crippen LogP contribution in [-0.2, 0) is 9.53 Å². The van der Waals surface area contributed by atoms with Crippen LogP contribution >= 0.6 is 0 Å². The van der Waals surface area contributed by atoms with E-state index in [1.54, 1.807) is 18.2 Å². The van der Waals surface area contributed by atoms with Gasteiger partial charge in [-0.2, -0.15) is 0 Å². The number of carbonyl (C=O) groups excluding carboxylic acids is 1. The summed E-state index contributed by atoms with van der Waals surface area (Å²) in [7, 11) is 1.34. The summed E-state index contributed by atoms with van der Waals surface area (Å²) in [6.07, 6.45) is 4.02. The van der Waals surface area contributed by atoms with Crippen molar-refractivity contribution in [2.75, 3.05) is 7.11 Å². The molecule has 1 rings (SSSR count). The predicted octanol–water partition coefficient (Wildman–Crippen LogP) is 3.05. The minimum absolute atomic E-state index is 0.111. The van der Waals surface area contributed by atoms with Gasteiger partial charge in [-0.25, -0.2) is 9.18 Å². The lowest BCUT2D eigenvalue weighted by Gasteiger charge is -2.09. The van der Waals surface area contributed by atoms with Crippen LogP contribution in [0.1, 0.15) is 24.8 Å². The van der Waals surface area contributed by atoms with E-state index in [0.717, 1.165) is 12.0 Å². The Morgan fingerprint density at radius 1 is 1.44 bits per heavy atom. The molecule has 1 atom stereocenters. The Morgan fingerprint density at radius 3 is 2.56 bits per heavy atom. The summed E-state index contributed by atoms with van der Waals surface area (Å²) in [5, 5.41) is 0. The van der Waals surface area contributed by atoms with Crippen LogP contribution in [0.5, 0.6) is 0 Å². The van der Waals surface area contributed by atoms with E-state index in [1.807, 2.05) is 6.92 Å². The molecule has 0 bridgehead atoms. The zero-order valence-electron chi connectivity index (χ0n) is 9.44. The molecule has 0 saturated heterocycles. The molecule has 1 aromatic rings. The fourth-order valence-corrected chi connectivity index (χ4v) is 1.46. The molecule has 3 heteroatoms. The van der Waals surface area contributed by atoms with Crippen molar-refractivity contribution in [2.45, 2.75) is 19.3 Å². The molecule has 0 amide bonds. The van der Waals surface area contributed by atoms with Crippen molar-refractivity contribution in [2.24, 2.45) is 0 Å². The highest BCUT2D eigenvalue weighted by Gasteiger charge is 2.06. The molecule has 0 aliphatic heterocycles. The number of methoxy groups -OCH3 is 1. The van der Waals surface area contributed by atoms with Crippen LogP contribution in [0.25, 0.3) is 0 Å². The average Bonchev–Trinajstić information content (AvgIpc) is 2.31. The SMILES string of the molecule is CCC(/C=C/C(=O)OC)c1ccc(F)cc1. The molecule has 86 valence electrons. The molecule has 0 spiro atoms. The van der Waals surface area contributed by atoms with Gasteiger partial charge in [0.25, 0.3) is 0 Å². The summed E-state index contributed by atoms with van der Waals surface area (Å²) < 4.78 is 17.2. The van der Waals surface area contributed by atoms with Crippen molar-refractivity contribution in [3.05, 3.63) is 47.8 Å². The molecule has 0 fully saturated rings. The Hall–Kier alpha value is -1.64. The molecule has 0 saturated carbocycles. The van der Waals surface area contributed by atoms with E-state index in [0.29, 0.717) is 0 Å². The van der Waals surface area contributed by atoms with E-state index in [1.165, 1.54) is 25.3 Å². The summed E-state index contributed by atoms with van der Waals surface area (Å²) in [4.78, 5) is 10.9. The fourth-order valence-electron chi connectivity index (χ4n) is 1.46. The van der Waals surface area contributed by atoms with Gasteiger partial charge in [0.15, 0.2) is 0 Å². The van der Waals surface area contributed by atoms with Gasteiger partial charge in [-0.1, -0.05) is 25.1 Å². The Labute approximate surface area is 94.7 Å². The number of hydrogen-bond donors (Lipinski definition) is 0. The molecule has 2 nitrogen and oxygen atoms in total. The van der Waals surface area contributed by atoms with Crippen molar-refractivity contribution in [1.82, 2.24) is 0 Å². The lowest BCUT2D eigenvalue weighted by atomic mass is 9.96. The lowest BCUT2D eigenvalue weighted by molar-refractivity contribution is -0.134. The molecule has 0 radical (unpaired) electrons. The maximum atomic E-state index is 12.7. The lowest BCUT2D eigenvalue weighted by Crippen LogP contribution is -1.98. The number of allylic oxidation sites excluding steroid dienone is 1. The highest BCUT2D eigenvalue weighted by Crippen LogP contribution is 2.21. The van der Waals surface area contributed by atoms with Gasteiger partial charge < -0.3 is 4.74 Å². The summed E-state index contributed by atoms with van der Waals surface area (Å²) in [6, 6.07) is 6.30. The number of esters is 1. The third kappa shape index (κ3) is 3.50. The number of benzene rings is 1. The number of rotatable bonds is 4. The van der Waals surface area contributed by atoms with Crippen molar-refractivity contribution in [3.63, 3.8) is 0 Å². The van der Waals surface area contributed by atoms with E-state index >= 15 is 0 Å². The quantitative estimate of drug-likeness (QED) is 0.578. The first-order valence-corrected chi connectivity index (χ1v) is 5.19. The van der Waals surface area contributed by atoms with Crippen LogP contribution in [0, 0.1) is 5.82 Å². The summed E-state index contributed by atoms with van der Waals surface area (Å²) >= 11 is 0. The van der Waals surface area contributed by atoms with E-state index in [-0.39, 0.29) is 17.7 Å². The predicted molar refractivity (Wildman–Crippen MR) is 60.6 cm³/mol. The second-order valence-corrected chi connectivity index (χ2v) is 3.45. The van der Waals surface area contributed by atoms with Crippen LogP contribution in [0.4, 0.5) is 4.39 Å². The first-order chi connectivity index (χ1) is 7.67. The Bertz CT molecular complexity index is 368. The van der Waals surface area contributed by atoms with Crippen LogP contribution in [0.2, 0.25) is 0 Å². The highest BCUT2D eigenvalue weighted by atomic mass is 19.1. The third-order valence-electron chi connectivity index (χ3n) is 2.40. The molecule has 0 aliphatic carbocycles. The van der Waals surface area contributed by atoms with Crippen molar-refractivity contribution in [1.29, 1.82) is 0 Å². The van der Waals surface area contributed by atoms with E-state index in [4.69, 9.17) is 0 Å². The van der Waals surface area contributed by atoms with Crippen LogP contribution in [-0.4, -0.2) is 13.1 Å². The first-order valence-electron chi connectivity index (χ1n) is 5.19. The molecule has 0 N–H and O–H groups in total. The van der Waals surface area contributed by atoms with E-state index in [9.17, 15) is 9.18 Å². The summed E-state index contributed by atoms with van der Waals surface area (Å²) in [5.41, 5.74) is 0.990. The maximum absolute atomic E-state index is 12.7. The average molecular weight is 222 g/mol. The van der Waals surface area contributed by atoms with Crippen molar-refractivity contribution >= 4 is 5.97 Å². The number of carbonyl (C=O) groups is 1. The molecule has 0 heterocycles. The van der Waals surface area contributed by atoms with Crippen molar-refractivity contribution in [3.8, 4) is 0 Å². The van der Waals surface area contributed by atoms with Gasteiger partial charge in [-0.3, -0.25) is 0 Å². The van der Waals surface area contributed by atoms with Gasteiger partial charge in [0.2, 0.25) is 0 Å². The van der Waals surface area contributed by atoms with Crippen LogP contribution in [0.3, 0.4) is 0 Å². The van der Waals surface area contributed by atoms with E-state index in [2.05, 4.69) is 4.74 Å². The van der Waals surface area contributed by atoms with Gasteiger partial charge in [-0.05, 0) is 24.1 Å².